The van der Waals surface area contributed by atoms with Crippen molar-refractivity contribution in [2.24, 2.45) is 0 Å². The van der Waals surface area contributed by atoms with Gasteiger partial charge >= 0.3 is 0 Å². The average Bonchev–Trinajstić information content (AvgIpc) is 3.00. The quantitative estimate of drug-likeness (QED) is 0.722. The highest BCUT2D eigenvalue weighted by Crippen LogP contribution is 2.25. The Bertz CT molecular complexity index is 809. The van der Waals surface area contributed by atoms with E-state index in [1.807, 2.05) is 49.4 Å². The van der Waals surface area contributed by atoms with Crippen molar-refractivity contribution in [3.8, 4) is 0 Å². The van der Waals surface area contributed by atoms with Crippen LogP contribution in [0.25, 0.3) is 0 Å². The molecule has 1 aromatic heterocycles. The highest BCUT2D eigenvalue weighted by Gasteiger charge is 2.21. The molecule has 1 unspecified atom stereocenters. The number of hydrogen-bond donors (Lipinski definition) is 2. The molecule has 0 aliphatic rings. The van der Waals surface area contributed by atoms with Crippen molar-refractivity contribution in [3.63, 3.8) is 0 Å². The summed E-state index contributed by atoms with van der Waals surface area (Å²) in [5.74, 6) is 1.26. The third-order valence-electron chi connectivity index (χ3n) is 3.66. The lowest BCUT2D eigenvalue weighted by Gasteiger charge is -2.18. The van der Waals surface area contributed by atoms with E-state index < -0.39 is 0 Å². The molecule has 23 heavy (non-hydrogen) atoms. The summed E-state index contributed by atoms with van der Waals surface area (Å²) in [6.07, 6.45) is 0. The first kappa shape index (κ1) is 14.9. The molecule has 1 amide bonds. The minimum absolute atomic E-state index is 0.231. The van der Waals surface area contributed by atoms with E-state index in [4.69, 9.17) is 10.2 Å². The van der Waals surface area contributed by atoms with E-state index in [-0.39, 0.29) is 11.9 Å². The molecular formula is C19H18N2O2. The molecule has 0 bridgehead atoms. The van der Waals surface area contributed by atoms with Gasteiger partial charge in [-0.05, 0) is 36.8 Å². The predicted molar refractivity (Wildman–Crippen MR) is 90.1 cm³/mol. The van der Waals surface area contributed by atoms with Gasteiger partial charge in [0.1, 0.15) is 17.6 Å². The number of furan rings is 1. The van der Waals surface area contributed by atoms with E-state index in [1.54, 1.807) is 24.3 Å². The van der Waals surface area contributed by atoms with Crippen LogP contribution in [0.2, 0.25) is 0 Å². The summed E-state index contributed by atoms with van der Waals surface area (Å²) < 4.78 is 5.72. The van der Waals surface area contributed by atoms with E-state index in [1.165, 1.54) is 0 Å². The Morgan fingerprint density at radius 2 is 1.70 bits per heavy atom. The van der Waals surface area contributed by atoms with Gasteiger partial charge in [-0.3, -0.25) is 4.79 Å². The Kier molecular flexibility index (Phi) is 4.15. The Morgan fingerprint density at radius 1 is 1.00 bits per heavy atom. The topological polar surface area (TPSA) is 68.3 Å². The molecule has 3 N–H and O–H groups in total. The lowest BCUT2D eigenvalue weighted by molar-refractivity contribution is 0.0939. The Hall–Kier alpha value is -3.01. The zero-order valence-electron chi connectivity index (χ0n) is 12.8. The van der Waals surface area contributed by atoms with Gasteiger partial charge in [-0.2, -0.15) is 0 Å². The number of nitrogens with two attached hydrogens (primary N) is 1. The molecule has 4 nitrogen and oxygen atoms in total. The van der Waals surface area contributed by atoms with Gasteiger partial charge in [0, 0.05) is 5.69 Å². The predicted octanol–water partition coefficient (Wildman–Crippen LogP) is 3.69. The largest absolute Gasteiger partial charge is 0.464 e. The van der Waals surface area contributed by atoms with Crippen LogP contribution in [0.5, 0.6) is 0 Å². The highest BCUT2D eigenvalue weighted by molar-refractivity contribution is 5.99. The van der Waals surface area contributed by atoms with Crippen molar-refractivity contribution in [1.29, 1.82) is 0 Å². The molecule has 4 heteroatoms. The van der Waals surface area contributed by atoms with Gasteiger partial charge in [0.25, 0.3) is 5.91 Å². The lowest BCUT2D eigenvalue weighted by Crippen LogP contribution is -2.29. The zero-order chi connectivity index (χ0) is 16.2. The number of carbonyl (C=O) groups excluding carboxylic acids is 1. The number of carbonyl (C=O) groups is 1. The molecular weight excluding hydrogens is 288 g/mol. The van der Waals surface area contributed by atoms with Crippen molar-refractivity contribution >= 4 is 11.6 Å². The van der Waals surface area contributed by atoms with Crippen LogP contribution < -0.4 is 11.1 Å². The number of nitrogen functional groups attached to an aromatic ring is 1. The van der Waals surface area contributed by atoms with Crippen molar-refractivity contribution in [3.05, 3.63) is 89.4 Å². The van der Waals surface area contributed by atoms with Crippen LogP contribution in [0.4, 0.5) is 5.69 Å². The Morgan fingerprint density at radius 3 is 2.35 bits per heavy atom. The van der Waals surface area contributed by atoms with E-state index in [9.17, 15) is 4.79 Å². The maximum Gasteiger partial charge on any atom is 0.254 e. The first-order valence-electron chi connectivity index (χ1n) is 7.42. The summed E-state index contributed by atoms with van der Waals surface area (Å²) >= 11 is 0. The number of rotatable bonds is 4. The van der Waals surface area contributed by atoms with Crippen LogP contribution in [0.15, 0.2) is 71.1 Å². The second-order valence-electron chi connectivity index (χ2n) is 5.35. The summed E-state index contributed by atoms with van der Waals surface area (Å²) in [5, 5.41) is 3.01. The van der Waals surface area contributed by atoms with E-state index in [0.29, 0.717) is 17.0 Å². The summed E-state index contributed by atoms with van der Waals surface area (Å²) in [4.78, 5) is 12.6. The molecule has 2 aromatic carbocycles. The molecule has 0 radical (unpaired) electrons. The third kappa shape index (κ3) is 3.26. The van der Waals surface area contributed by atoms with Crippen molar-refractivity contribution in [2.75, 3.05) is 5.73 Å². The molecule has 3 aromatic rings. The van der Waals surface area contributed by atoms with Gasteiger partial charge in [0.2, 0.25) is 0 Å². The van der Waals surface area contributed by atoms with E-state index >= 15 is 0 Å². The molecule has 1 atom stereocenters. The third-order valence-corrected chi connectivity index (χ3v) is 3.66. The van der Waals surface area contributed by atoms with Crippen molar-refractivity contribution < 1.29 is 9.21 Å². The van der Waals surface area contributed by atoms with E-state index in [2.05, 4.69) is 5.32 Å². The Balaban J connectivity index is 1.94. The molecule has 3 rings (SSSR count). The van der Waals surface area contributed by atoms with Gasteiger partial charge in [0.05, 0.1) is 5.56 Å². The normalized spacial score (nSPS) is 11.9. The number of para-hydroxylation sites is 1. The van der Waals surface area contributed by atoms with Crippen LogP contribution in [-0.2, 0) is 0 Å². The number of nitrogens with one attached hydrogen (secondary N) is 1. The SMILES string of the molecule is Cc1ccc(C(NC(=O)c2ccccc2N)c2ccccc2)o1. The maximum atomic E-state index is 12.6. The summed E-state index contributed by atoms with van der Waals surface area (Å²) in [7, 11) is 0. The number of aryl methyl sites for hydroxylation is 1. The summed E-state index contributed by atoms with van der Waals surface area (Å²) in [5.41, 5.74) is 7.75. The van der Waals surface area contributed by atoms with E-state index in [0.717, 1.165) is 11.3 Å². The van der Waals surface area contributed by atoms with Crippen LogP contribution in [0, 0.1) is 6.92 Å². The fraction of sp³-hybridized carbons (Fsp3) is 0.105. The molecule has 0 spiro atoms. The van der Waals surface area contributed by atoms with Crippen LogP contribution in [-0.4, -0.2) is 5.91 Å². The minimum atomic E-state index is -0.364. The average molecular weight is 306 g/mol. The number of hydrogen-bond acceptors (Lipinski definition) is 3. The molecule has 1 heterocycles. The summed E-state index contributed by atoms with van der Waals surface area (Å²) in [6.45, 7) is 1.88. The fourth-order valence-electron chi connectivity index (χ4n) is 2.49. The number of amides is 1. The maximum absolute atomic E-state index is 12.6. The highest BCUT2D eigenvalue weighted by atomic mass is 16.3. The standard InChI is InChI=1S/C19H18N2O2/c1-13-11-12-17(23-13)18(14-7-3-2-4-8-14)21-19(22)15-9-5-6-10-16(15)20/h2-12,18H,20H2,1H3,(H,21,22). The second kappa shape index (κ2) is 6.40. The van der Waals surface area contributed by atoms with Gasteiger partial charge in [-0.1, -0.05) is 42.5 Å². The van der Waals surface area contributed by atoms with Gasteiger partial charge in [-0.25, -0.2) is 0 Å². The van der Waals surface area contributed by atoms with Crippen molar-refractivity contribution in [1.82, 2.24) is 5.32 Å². The first-order valence-corrected chi connectivity index (χ1v) is 7.42. The molecule has 0 aliphatic carbocycles. The second-order valence-corrected chi connectivity index (χ2v) is 5.35. The molecule has 0 saturated carbocycles. The lowest BCUT2D eigenvalue weighted by atomic mass is 10.0. The van der Waals surface area contributed by atoms with Gasteiger partial charge in [0.15, 0.2) is 0 Å². The molecule has 0 fully saturated rings. The Labute approximate surface area is 134 Å². The molecule has 0 saturated heterocycles. The van der Waals surface area contributed by atoms with Gasteiger partial charge in [-0.15, -0.1) is 0 Å². The number of benzene rings is 2. The van der Waals surface area contributed by atoms with Crippen molar-refractivity contribution in [2.45, 2.75) is 13.0 Å². The number of anilines is 1. The monoisotopic (exact) mass is 306 g/mol. The molecule has 116 valence electrons. The van der Waals surface area contributed by atoms with Gasteiger partial charge < -0.3 is 15.5 Å². The smallest absolute Gasteiger partial charge is 0.254 e. The zero-order valence-corrected chi connectivity index (χ0v) is 12.8. The van der Waals surface area contributed by atoms with Crippen LogP contribution in [0.3, 0.4) is 0 Å². The van der Waals surface area contributed by atoms with Crippen LogP contribution >= 0.6 is 0 Å². The fourth-order valence-corrected chi connectivity index (χ4v) is 2.49. The molecule has 0 aliphatic heterocycles. The first-order chi connectivity index (χ1) is 11.1. The minimum Gasteiger partial charge on any atom is -0.464 e. The summed E-state index contributed by atoms with van der Waals surface area (Å²) in [6, 6.07) is 20.1. The van der Waals surface area contributed by atoms with Crippen LogP contribution in [0.1, 0.15) is 33.5 Å².